The zero-order valence-corrected chi connectivity index (χ0v) is 9.83. The molecule has 6 heteroatoms. The van der Waals surface area contributed by atoms with Crippen LogP contribution in [0.3, 0.4) is 0 Å². The van der Waals surface area contributed by atoms with Crippen molar-refractivity contribution in [1.29, 1.82) is 0 Å². The molecule has 0 aliphatic carbocycles. The van der Waals surface area contributed by atoms with E-state index in [1.807, 2.05) is 13.8 Å². The minimum Gasteiger partial charge on any atom is -0.476 e. The summed E-state index contributed by atoms with van der Waals surface area (Å²) in [7, 11) is 0. The molecular weight excluding hydrogens is 222 g/mol. The third-order valence-corrected chi connectivity index (χ3v) is 2.61. The highest BCUT2D eigenvalue weighted by atomic mass is 16.5. The second-order valence-corrected chi connectivity index (χ2v) is 4.24. The zero-order valence-electron chi connectivity index (χ0n) is 9.83. The summed E-state index contributed by atoms with van der Waals surface area (Å²) >= 11 is 0. The molecule has 2 heterocycles. The van der Waals surface area contributed by atoms with Crippen LogP contribution in [0.1, 0.15) is 24.3 Å². The molecule has 0 amide bonds. The number of aromatic nitrogens is 2. The van der Waals surface area contributed by atoms with Gasteiger partial charge < -0.3 is 14.7 Å². The van der Waals surface area contributed by atoms with Gasteiger partial charge in [-0.15, -0.1) is 10.2 Å². The summed E-state index contributed by atoms with van der Waals surface area (Å²) in [6.45, 7) is 5.49. The fourth-order valence-corrected chi connectivity index (χ4v) is 1.97. The molecule has 0 saturated carbocycles. The maximum absolute atomic E-state index is 10.7. The Morgan fingerprint density at radius 1 is 1.35 bits per heavy atom. The Balaban J connectivity index is 2.14. The number of hydrogen-bond acceptors (Lipinski definition) is 5. The van der Waals surface area contributed by atoms with Crippen LogP contribution in [0.25, 0.3) is 0 Å². The van der Waals surface area contributed by atoms with E-state index in [4.69, 9.17) is 9.84 Å². The van der Waals surface area contributed by atoms with E-state index < -0.39 is 5.97 Å². The van der Waals surface area contributed by atoms with Crippen molar-refractivity contribution in [1.82, 2.24) is 10.2 Å². The van der Waals surface area contributed by atoms with Gasteiger partial charge in [-0.25, -0.2) is 4.79 Å². The fraction of sp³-hybridized carbons (Fsp3) is 0.545. The topological polar surface area (TPSA) is 75.6 Å². The first-order valence-electron chi connectivity index (χ1n) is 5.53. The van der Waals surface area contributed by atoms with Crippen LogP contribution in [0.2, 0.25) is 0 Å². The van der Waals surface area contributed by atoms with Crippen LogP contribution in [0.5, 0.6) is 0 Å². The van der Waals surface area contributed by atoms with Gasteiger partial charge in [0.15, 0.2) is 11.5 Å². The van der Waals surface area contributed by atoms with E-state index in [1.54, 1.807) is 6.07 Å². The molecule has 2 rings (SSSR count). The molecule has 1 aliphatic rings. The van der Waals surface area contributed by atoms with Crippen molar-refractivity contribution in [2.75, 3.05) is 18.0 Å². The fourth-order valence-electron chi connectivity index (χ4n) is 1.97. The van der Waals surface area contributed by atoms with Crippen LogP contribution in [0.15, 0.2) is 12.1 Å². The monoisotopic (exact) mass is 237 g/mol. The van der Waals surface area contributed by atoms with Crippen LogP contribution in [0, 0.1) is 0 Å². The van der Waals surface area contributed by atoms with E-state index in [1.165, 1.54) is 6.07 Å². The number of hydrogen-bond donors (Lipinski definition) is 1. The number of rotatable bonds is 2. The van der Waals surface area contributed by atoms with Crippen molar-refractivity contribution >= 4 is 11.8 Å². The number of ether oxygens (including phenoxy) is 1. The molecule has 1 N–H and O–H groups in total. The highest BCUT2D eigenvalue weighted by Crippen LogP contribution is 2.17. The lowest BCUT2D eigenvalue weighted by Crippen LogP contribution is -2.45. The number of anilines is 1. The summed E-state index contributed by atoms with van der Waals surface area (Å²) < 4.78 is 5.62. The summed E-state index contributed by atoms with van der Waals surface area (Å²) in [5.41, 5.74) is -0.0388. The molecule has 17 heavy (non-hydrogen) atoms. The Bertz CT molecular complexity index is 397. The molecular formula is C11H15N3O3. The molecule has 6 nitrogen and oxygen atoms in total. The number of nitrogens with zero attached hydrogens (tertiary/aromatic N) is 3. The number of morpholine rings is 1. The standard InChI is InChI=1S/C11H15N3O3/c1-7-5-14(6-8(2)17-7)10-4-3-9(11(15)16)12-13-10/h3-4,7-8H,5-6H2,1-2H3,(H,15,16). The van der Waals surface area contributed by atoms with Crippen LogP contribution in [-0.4, -0.2) is 46.6 Å². The van der Waals surface area contributed by atoms with Crippen molar-refractivity contribution < 1.29 is 14.6 Å². The lowest BCUT2D eigenvalue weighted by atomic mass is 10.2. The highest BCUT2D eigenvalue weighted by molar-refractivity contribution is 5.85. The quantitative estimate of drug-likeness (QED) is 0.819. The summed E-state index contributed by atoms with van der Waals surface area (Å²) in [5, 5.41) is 16.3. The number of carbonyl (C=O) groups is 1. The summed E-state index contributed by atoms with van der Waals surface area (Å²) in [6.07, 6.45) is 0.277. The van der Waals surface area contributed by atoms with Gasteiger partial charge >= 0.3 is 5.97 Å². The minimum atomic E-state index is -1.06. The Labute approximate surface area is 99.2 Å². The molecule has 1 aromatic heterocycles. The van der Waals surface area contributed by atoms with Crippen LogP contribution in [-0.2, 0) is 4.74 Å². The largest absolute Gasteiger partial charge is 0.476 e. The van der Waals surface area contributed by atoms with E-state index in [0.29, 0.717) is 5.82 Å². The molecule has 2 unspecified atom stereocenters. The van der Waals surface area contributed by atoms with E-state index in [9.17, 15) is 4.79 Å². The summed E-state index contributed by atoms with van der Waals surface area (Å²) in [4.78, 5) is 12.7. The molecule has 0 aromatic carbocycles. The second kappa shape index (κ2) is 4.67. The molecule has 1 aromatic rings. The first-order chi connectivity index (χ1) is 8.06. The average Bonchev–Trinajstić information content (AvgIpc) is 2.28. The van der Waals surface area contributed by atoms with Crippen LogP contribution in [0.4, 0.5) is 5.82 Å². The van der Waals surface area contributed by atoms with Crippen LogP contribution < -0.4 is 4.90 Å². The predicted molar refractivity (Wildman–Crippen MR) is 61.2 cm³/mol. The molecule has 0 radical (unpaired) electrons. The molecule has 1 fully saturated rings. The zero-order chi connectivity index (χ0) is 12.4. The van der Waals surface area contributed by atoms with Crippen molar-refractivity contribution in [2.45, 2.75) is 26.1 Å². The minimum absolute atomic E-state index is 0.0388. The molecule has 0 spiro atoms. The maximum atomic E-state index is 10.7. The van der Waals surface area contributed by atoms with Gasteiger partial charge in [0, 0.05) is 13.1 Å². The lowest BCUT2D eigenvalue weighted by Gasteiger charge is -2.35. The number of aromatic carboxylic acids is 1. The third kappa shape index (κ3) is 2.71. The van der Waals surface area contributed by atoms with Crippen molar-refractivity contribution in [3.8, 4) is 0 Å². The van der Waals surface area contributed by atoms with Gasteiger partial charge in [-0.1, -0.05) is 0 Å². The van der Waals surface area contributed by atoms with Crippen molar-refractivity contribution in [2.24, 2.45) is 0 Å². The van der Waals surface area contributed by atoms with Gasteiger partial charge in [0.25, 0.3) is 0 Å². The Morgan fingerprint density at radius 3 is 2.47 bits per heavy atom. The van der Waals surface area contributed by atoms with Gasteiger partial charge in [-0.05, 0) is 26.0 Å². The van der Waals surface area contributed by atoms with Gasteiger partial charge in [0.1, 0.15) is 0 Å². The van der Waals surface area contributed by atoms with E-state index in [-0.39, 0.29) is 17.9 Å². The molecule has 1 aliphatic heterocycles. The smallest absolute Gasteiger partial charge is 0.356 e. The average molecular weight is 237 g/mol. The van der Waals surface area contributed by atoms with E-state index >= 15 is 0 Å². The Kier molecular flexibility index (Phi) is 3.23. The van der Waals surface area contributed by atoms with Crippen molar-refractivity contribution in [3.63, 3.8) is 0 Å². The Hall–Kier alpha value is -1.69. The molecule has 1 saturated heterocycles. The van der Waals surface area contributed by atoms with Gasteiger partial charge in [-0.3, -0.25) is 0 Å². The number of carboxylic acid groups (broad SMARTS) is 1. The lowest BCUT2D eigenvalue weighted by molar-refractivity contribution is -0.00552. The van der Waals surface area contributed by atoms with Crippen molar-refractivity contribution in [3.05, 3.63) is 17.8 Å². The Morgan fingerprint density at radius 2 is 2.00 bits per heavy atom. The summed E-state index contributed by atoms with van der Waals surface area (Å²) in [5.74, 6) is -0.371. The SMILES string of the molecule is CC1CN(c2ccc(C(=O)O)nn2)CC(C)O1. The molecule has 2 atom stereocenters. The second-order valence-electron chi connectivity index (χ2n) is 4.24. The van der Waals surface area contributed by atoms with Gasteiger partial charge in [-0.2, -0.15) is 0 Å². The third-order valence-electron chi connectivity index (χ3n) is 2.61. The molecule has 92 valence electrons. The van der Waals surface area contributed by atoms with Crippen LogP contribution >= 0.6 is 0 Å². The van der Waals surface area contributed by atoms with Gasteiger partial charge in [0.2, 0.25) is 0 Å². The van der Waals surface area contributed by atoms with E-state index in [0.717, 1.165) is 13.1 Å². The first kappa shape index (κ1) is 11.8. The summed E-state index contributed by atoms with van der Waals surface area (Å²) in [6, 6.07) is 3.15. The normalized spacial score (nSPS) is 24.7. The number of carboxylic acids is 1. The molecule has 0 bridgehead atoms. The maximum Gasteiger partial charge on any atom is 0.356 e. The van der Waals surface area contributed by atoms with E-state index in [2.05, 4.69) is 15.1 Å². The van der Waals surface area contributed by atoms with Gasteiger partial charge in [0.05, 0.1) is 12.2 Å². The predicted octanol–water partition coefficient (Wildman–Crippen LogP) is 0.788. The first-order valence-corrected chi connectivity index (χ1v) is 5.53. The highest BCUT2D eigenvalue weighted by Gasteiger charge is 2.23.